The molecule has 1 N–H and O–H groups in total. The van der Waals surface area contributed by atoms with E-state index in [2.05, 4.69) is 14.8 Å². The first-order valence-corrected chi connectivity index (χ1v) is 12.3. The number of carbonyl (C=O) groups excluding carboxylic acids is 1. The van der Waals surface area contributed by atoms with Crippen molar-refractivity contribution in [2.24, 2.45) is 0 Å². The van der Waals surface area contributed by atoms with E-state index in [9.17, 15) is 18.6 Å². The quantitative estimate of drug-likeness (QED) is 0.704. The maximum absolute atomic E-state index is 13.9. The Kier molecular flexibility index (Phi) is 6.01. The Bertz CT molecular complexity index is 1000. The van der Waals surface area contributed by atoms with Gasteiger partial charge in [-0.2, -0.15) is 0 Å². The molecule has 2 aliphatic rings. The molecule has 0 spiro atoms. The highest BCUT2D eigenvalue weighted by Gasteiger charge is 2.38. The van der Waals surface area contributed by atoms with Crippen LogP contribution < -0.4 is 14.3 Å². The molecule has 2 saturated heterocycles. The van der Waals surface area contributed by atoms with Crippen LogP contribution in [0.4, 0.5) is 15.9 Å². The first-order chi connectivity index (χ1) is 14.7. The highest BCUT2D eigenvalue weighted by Crippen LogP contribution is 2.38. The van der Waals surface area contributed by atoms with Crippen LogP contribution in [0.15, 0.2) is 36.5 Å². The van der Waals surface area contributed by atoms with Crippen molar-refractivity contribution in [3.63, 3.8) is 0 Å². The Morgan fingerprint density at radius 1 is 1.16 bits per heavy atom. The first kappa shape index (κ1) is 21.7. The van der Waals surface area contributed by atoms with Crippen molar-refractivity contribution >= 4 is 25.0 Å². The zero-order valence-corrected chi connectivity index (χ0v) is 18.5. The number of hydrogen-bond acceptors (Lipinski definition) is 6. The molecule has 1 amide bonds. The van der Waals surface area contributed by atoms with Gasteiger partial charge in [-0.3, -0.25) is 9.69 Å². The normalized spacial score (nSPS) is 21.9. The van der Waals surface area contributed by atoms with E-state index in [1.54, 1.807) is 36.1 Å². The number of aromatic nitrogens is 1. The molecule has 10 heteroatoms. The van der Waals surface area contributed by atoms with E-state index >= 15 is 0 Å². The maximum Gasteiger partial charge on any atom is 0.373 e. The number of amides is 1. The number of piperazine rings is 1. The van der Waals surface area contributed by atoms with Crippen LogP contribution in [0, 0.1) is 12.7 Å². The van der Waals surface area contributed by atoms with Gasteiger partial charge >= 0.3 is 7.60 Å². The second-order valence-electron chi connectivity index (χ2n) is 8.00. The van der Waals surface area contributed by atoms with E-state index in [-0.39, 0.29) is 23.5 Å². The van der Waals surface area contributed by atoms with Gasteiger partial charge < -0.3 is 19.2 Å². The minimum Gasteiger partial charge on any atom is -0.423 e. The highest BCUT2D eigenvalue weighted by atomic mass is 31.2. The molecule has 2 fully saturated rings. The van der Waals surface area contributed by atoms with E-state index in [0.717, 1.165) is 18.9 Å². The topological polar surface area (TPSA) is 86.2 Å². The predicted octanol–water partition coefficient (Wildman–Crippen LogP) is 2.65. The fourth-order valence-electron chi connectivity index (χ4n) is 4.08. The minimum absolute atomic E-state index is 0.0179. The Balaban J connectivity index is 1.35. The Morgan fingerprint density at radius 3 is 2.52 bits per heavy atom. The summed E-state index contributed by atoms with van der Waals surface area (Å²) in [6.45, 7) is 6.27. The van der Waals surface area contributed by atoms with Gasteiger partial charge in [-0.05, 0) is 43.2 Å². The second kappa shape index (κ2) is 8.57. The minimum atomic E-state index is -3.61. The van der Waals surface area contributed by atoms with E-state index in [4.69, 9.17) is 4.52 Å². The molecule has 0 radical (unpaired) electrons. The van der Waals surface area contributed by atoms with Gasteiger partial charge in [0.2, 0.25) is 5.91 Å². The zero-order valence-electron chi connectivity index (χ0n) is 17.6. The fourth-order valence-corrected chi connectivity index (χ4v) is 4.58. The van der Waals surface area contributed by atoms with E-state index in [1.807, 2.05) is 0 Å². The average molecular weight is 448 g/mol. The molecule has 31 heavy (non-hydrogen) atoms. The molecule has 166 valence electrons. The largest absolute Gasteiger partial charge is 0.423 e. The van der Waals surface area contributed by atoms with Crippen LogP contribution in [0.25, 0.3) is 0 Å². The van der Waals surface area contributed by atoms with Gasteiger partial charge in [0.15, 0.2) is 0 Å². The monoisotopic (exact) mass is 448 g/mol. The van der Waals surface area contributed by atoms with Crippen LogP contribution in [-0.4, -0.2) is 66.1 Å². The third-order valence-electron chi connectivity index (χ3n) is 5.72. The molecule has 8 nitrogen and oxygen atoms in total. The summed E-state index contributed by atoms with van der Waals surface area (Å²) in [5, 5.41) is 0. The van der Waals surface area contributed by atoms with Crippen LogP contribution in [-0.2, 0) is 9.36 Å². The van der Waals surface area contributed by atoms with Gasteiger partial charge in [-0.25, -0.2) is 13.9 Å². The summed E-state index contributed by atoms with van der Waals surface area (Å²) in [7, 11) is -3.61. The highest BCUT2D eigenvalue weighted by molar-refractivity contribution is 7.52. The third-order valence-corrected chi connectivity index (χ3v) is 6.27. The number of benzene rings is 1. The van der Waals surface area contributed by atoms with E-state index in [0.29, 0.717) is 44.0 Å². The molecule has 2 unspecified atom stereocenters. The summed E-state index contributed by atoms with van der Waals surface area (Å²) in [5.74, 6) is 0.724. The fraction of sp³-hybridized carbons (Fsp3) is 0.429. The molecule has 2 aromatic rings. The van der Waals surface area contributed by atoms with E-state index in [1.165, 1.54) is 12.3 Å². The molecule has 1 aromatic carbocycles. The number of rotatable bonds is 5. The lowest BCUT2D eigenvalue weighted by Gasteiger charge is -2.37. The lowest BCUT2D eigenvalue weighted by atomic mass is 10.1. The van der Waals surface area contributed by atoms with Crippen LogP contribution in [0.1, 0.15) is 12.0 Å². The molecular weight excluding hydrogens is 422 g/mol. The van der Waals surface area contributed by atoms with Gasteiger partial charge in [0.05, 0.1) is 12.2 Å². The van der Waals surface area contributed by atoms with Gasteiger partial charge in [0.1, 0.15) is 17.4 Å². The molecule has 2 atom stereocenters. The maximum atomic E-state index is 13.9. The van der Waals surface area contributed by atoms with Crippen molar-refractivity contribution < 1.29 is 23.2 Å². The van der Waals surface area contributed by atoms with Gasteiger partial charge in [-0.15, -0.1) is 0 Å². The molecule has 2 aliphatic heterocycles. The Hall–Kier alpha value is -2.48. The Morgan fingerprint density at radius 2 is 1.90 bits per heavy atom. The second-order valence-corrected chi connectivity index (χ2v) is 9.79. The number of anilines is 2. The van der Waals surface area contributed by atoms with Crippen molar-refractivity contribution in [1.29, 1.82) is 0 Å². The van der Waals surface area contributed by atoms with Crippen molar-refractivity contribution in [2.45, 2.75) is 19.4 Å². The number of hydrogen-bond donors (Lipinski definition) is 1. The standard InChI is InChI=1S/C21H26FN4O4P/c1-15-3-4-16(13-18(15)22)26-8-7-19(21(26)27)24-9-11-25(12-10-24)20-6-5-17(14-23-20)30-31(2,28)29/h3-6,13-14,19H,7-12H2,1-2H3,(H,28,29). The van der Waals surface area contributed by atoms with Crippen molar-refractivity contribution in [3.05, 3.63) is 47.9 Å². The molecule has 0 bridgehead atoms. The summed E-state index contributed by atoms with van der Waals surface area (Å²) in [5.41, 5.74) is 1.18. The molecule has 1 aromatic heterocycles. The van der Waals surface area contributed by atoms with Gasteiger partial charge in [0, 0.05) is 45.1 Å². The smallest absolute Gasteiger partial charge is 0.373 e. The van der Waals surface area contributed by atoms with Crippen LogP contribution in [0.2, 0.25) is 0 Å². The summed E-state index contributed by atoms with van der Waals surface area (Å²) in [6, 6.07) is 8.12. The predicted molar refractivity (Wildman–Crippen MR) is 116 cm³/mol. The van der Waals surface area contributed by atoms with Crippen LogP contribution in [0.5, 0.6) is 5.75 Å². The first-order valence-electron chi connectivity index (χ1n) is 10.2. The molecule has 3 heterocycles. The lowest BCUT2D eigenvalue weighted by molar-refractivity contribution is -0.121. The van der Waals surface area contributed by atoms with Crippen LogP contribution in [0.3, 0.4) is 0 Å². The van der Waals surface area contributed by atoms with Gasteiger partial charge in [0.25, 0.3) is 0 Å². The van der Waals surface area contributed by atoms with Crippen molar-refractivity contribution in [3.8, 4) is 5.75 Å². The SMILES string of the molecule is Cc1ccc(N2CCC(N3CCN(c4ccc(OP(C)(=O)O)cn4)CC3)C2=O)cc1F. The molecule has 0 aliphatic carbocycles. The summed E-state index contributed by atoms with van der Waals surface area (Å²) in [4.78, 5) is 32.6. The number of carbonyl (C=O) groups is 1. The molecule has 0 saturated carbocycles. The summed E-state index contributed by atoms with van der Waals surface area (Å²) >= 11 is 0. The third kappa shape index (κ3) is 4.89. The lowest BCUT2D eigenvalue weighted by Crippen LogP contribution is -2.52. The van der Waals surface area contributed by atoms with Crippen molar-refractivity contribution in [2.75, 3.05) is 49.2 Å². The number of halogens is 1. The number of nitrogens with zero attached hydrogens (tertiary/aromatic N) is 4. The molecular formula is C21H26FN4O4P. The van der Waals surface area contributed by atoms with Crippen LogP contribution >= 0.6 is 7.60 Å². The number of pyridine rings is 1. The Labute approximate surface area is 180 Å². The summed E-state index contributed by atoms with van der Waals surface area (Å²) < 4.78 is 30.2. The van der Waals surface area contributed by atoms with Crippen molar-refractivity contribution in [1.82, 2.24) is 9.88 Å². The summed E-state index contributed by atoms with van der Waals surface area (Å²) in [6.07, 6.45) is 2.16. The average Bonchev–Trinajstić information content (AvgIpc) is 3.11. The van der Waals surface area contributed by atoms with Gasteiger partial charge in [-0.1, -0.05) is 6.07 Å². The number of aryl methyl sites for hydroxylation is 1. The molecule has 4 rings (SSSR count). The van der Waals surface area contributed by atoms with E-state index < -0.39 is 7.60 Å². The zero-order chi connectivity index (χ0) is 22.2.